The van der Waals surface area contributed by atoms with Crippen molar-refractivity contribution in [2.24, 2.45) is 0 Å². The molecule has 1 aromatic heterocycles. The number of aryl methyl sites for hydroxylation is 1. The lowest BCUT2D eigenvalue weighted by molar-refractivity contribution is 0.720. The predicted molar refractivity (Wildman–Crippen MR) is 71.3 cm³/mol. The van der Waals surface area contributed by atoms with Gasteiger partial charge in [-0.05, 0) is 17.5 Å². The summed E-state index contributed by atoms with van der Waals surface area (Å²) in [6.07, 6.45) is 2.33. The van der Waals surface area contributed by atoms with E-state index in [2.05, 4.69) is 11.9 Å². The Kier molecular flexibility index (Phi) is 3.67. The van der Waals surface area contributed by atoms with Crippen LogP contribution in [0.3, 0.4) is 0 Å². The number of hydrogen-bond donors (Lipinski definition) is 1. The maximum absolute atomic E-state index is 11.6. The molecule has 0 atom stereocenters. The first kappa shape index (κ1) is 12.6. The summed E-state index contributed by atoms with van der Waals surface area (Å²) >= 11 is 5.70. The highest BCUT2D eigenvalue weighted by atomic mass is 35.5. The Morgan fingerprint density at radius 3 is 2.39 bits per heavy atom. The second kappa shape index (κ2) is 5.23. The van der Waals surface area contributed by atoms with E-state index >= 15 is 0 Å². The molecule has 0 aliphatic rings. The molecule has 0 spiro atoms. The van der Waals surface area contributed by atoms with Crippen LogP contribution < -0.4 is 11.2 Å². The summed E-state index contributed by atoms with van der Waals surface area (Å²) in [6.45, 7) is 2.47. The Morgan fingerprint density at radius 1 is 1.17 bits per heavy atom. The molecule has 0 saturated heterocycles. The van der Waals surface area contributed by atoms with Gasteiger partial charge in [0, 0.05) is 6.20 Å². The number of H-pyrrole nitrogens is 1. The van der Waals surface area contributed by atoms with Gasteiger partial charge >= 0.3 is 5.69 Å². The maximum Gasteiger partial charge on any atom is 0.328 e. The van der Waals surface area contributed by atoms with Gasteiger partial charge in [0.2, 0.25) is 0 Å². The van der Waals surface area contributed by atoms with Crippen LogP contribution in [0.4, 0.5) is 0 Å². The molecule has 0 bridgehead atoms. The first-order valence-electron chi connectivity index (χ1n) is 5.67. The van der Waals surface area contributed by atoms with Gasteiger partial charge in [-0.3, -0.25) is 14.3 Å². The fourth-order valence-corrected chi connectivity index (χ4v) is 1.84. The SMILES string of the molecule is CCc1ccc(Cn2cc(Cl)c(=O)[nH]c2=O)cc1. The van der Waals surface area contributed by atoms with Crippen molar-refractivity contribution in [3.05, 3.63) is 67.4 Å². The number of benzene rings is 1. The number of halogens is 1. The number of hydrogen-bond acceptors (Lipinski definition) is 2. The smallest absolute Gasteiger partial charge is 0.295 e. The van der Waals surface area contributed by atoms with Gasteiger partial charge in [-0.2, -0.15) is 0 Å². The highest BCUT2D eigenvalue weighted by molar-refractivity contribution is 6.30. The molecule has 1 heterocycles. The Labute approximate surface area is 109 Å². The van der Waals surface area contributed by atoms with Crippen LogP contribution in [0.25, 0.3) is 0 Å². The van der Waals surface area contributed by atoms with Gasteiger partial charge in [-0.15, -0.1) is 0 Å². The van der Waals surface area contributed by atoms with Gasteiger partial charge in [0.25, 0.3) is 5.56 Å². The summed E-state index contributed by atoms with van der Waals surface area (Å²) < 4.78 is 1.38. The second-order valence-electron chi connectivity index (χ2n) is 4.03. The summed E-state index contributed by atoms with van der Waals surface area (Å²) in [5, 5.41) is 0.0137. The molecule has 1 aromatic carbocycles. The molecule has 5 heteroatoms. The van der Waals surface area contributed by atoms with Gasteiger partial charge in [0.15, 0.2) is 0 Å². The Bertz CT molecular complexity index is 656. The third-order valence-electron chi connectivity index (χ3n) is 2.75. The highest BCUT2D eigenvalue weighted by Gasteiger charge is 2.03. The minimum Gasteiger partial charge on any atom is -0.295 e. The Hall–Kier alpha value is -1.81. The van der Waals surface area contributed by atoms with Crippen molar-refractivity contribution in [2.75, 3.05) is 0 Å². The van der Waals surface area contributed by atoms with E-state index in [-0.39, 0.29) is 5.02 Å². The van der Waals surface area contributed by atoms with Crippen LogP contribution in [0, 0.1) is 0 Å². The third kappa shape index (κ3) is 2.71. The molecular weight excluding hydrogens is 252 g/mol. The monoisotopic (exact) mass is 264 g/mol. The summed E-state index contributed by atoms with van der Waals surface area (Å²) in [6, 6.07) is 7.97. The fourth-order valence-electron chi connectivity index (χ4n) is 1.68. The number of nitrogens with one attached hydrogen (secondary N) is 1. The normalized spacial score (nSPS) is 10.6. The van der Waals surface area contributed by atoms with Crippen molar-refractivity contribution in [2.45, 2.75) is 19.9 Å². The first-order chi connectivity index (χ1) is 8.60. The second-order valence-corrected chi connectivity index (χ2v) is 4.44. The number of aromatic amines is 1. The molecule has 94 valence electrons. The topological polar surface area (TPSA) is 54.9 Å². The molecule has 2 rings (SSSR count). The average molecular weight is 265 g/mol. The zero-order valence-corrected chi connectivity index (χ0v) is 10.7. The number of rotatable bonds is 3. The van der Waals surface area contributed by atoms with Gasteiger partial charge < -0.3 is 0 Å². The summed E-state index contributed by atoms with van der Waals surface area (Å²) in [5.41, 5.74) is 1.21. The van der Waals surface area contributed by atoms with E-state index in [0.717, 1.165) is 12.0 Å². The van der Waals surface area contributed by atoms with Crippen LogP contribution in [0.15, 0.2) is 40.1 Å². The van der Waals surface area contributed by atoms with Crippen LogP contribution in [0.1, 0.15) is 18.1 Å². The van der Waals surface area contributed by atoms with E-state index in [1.54, 1.807) is 0 Å². The maximum atomic E-state index is 11.6. The van der Waals surface area contributed by atoms with Gasteiger partial charge in [-0.25, -0.2) is 4.79 Å². The lowest BCUT2D eigenvalue weighted by Gasteiger charge is -2.06. The van der Waals surface area contributed by atoms with Crippen molar-refractivity contribution < 1.29 is 0 Å². The van der Waals surface area contributed by atoms with E-state index in [0.29, 0.717) is 6.54 Å². The Morgan fingerprint density at radius 2 is 1.78 bits per heavy atom. The van der Waals surface area contributed by atoms with Gasteiger partial charge in [0.1, 0.15) is 5.02 Å². The van der Waals surface area contributed by atoms with Crippen LogP contribution in [0.5, 0.6) is 0 Å². The molecule has 1 N–H and O–H groups in total. The molecule has 4 nitrogen and oxygen atoms in total. The summed E-state index contributed by atoms with van der Waals surface area (Å²) in [7, 11) is 0. The minimum atomic E-state index is -0.556. The molecular formula is C13H13ClN2O2. The van der Waals surface area contributed by atoms with Crippen molar-refractivity contribution >= 4 is 11.6 Å². The molecule has 0 aliphatic heterocycles. The Balaban J connectivity index is 2.31. The molecule has 0 fully saturated rings. The van der Waals surface area contributed by atoms with Crippen LogP contribution in [-0.2, 0) is 13.0 Å². The van der Waals surface area contributed by atoms with E-state index in [1.807, 2.05) is 24.3 Å². The first-order valence-corrected chi connectivity index (χ1v) is 6.05. The minimum absolute atomic E-state index is 0.0137. The molecule has 18 heavy (non-hydrogen) atoms. The van der Waals surface area contributed by atoms with Crippen molar-refractivity contribution in [1.82, 2.24) is 9.55 Å². The fraction of sp³-hybridized carbons (Fsp3) is 0.231. The van der Waals surface area contributed by atoms with Crippen molar-refractivity contribution in [1.29, 1.82) is 0 Å². The highest BCUT2D eigenvalue weighted by Crippen LogP contribution is 2.06. The number of nitrogens with zero attached hydrogens (tertiary/aromatic N) is 1. The lowest BCUT2D eigenvalue weighted by atomic mass is 10.1. The van der Waals surface area contributed by atoms with Crippen LogP contribution >= 0.6 is 11.6 Å². The van der Waals surface area contributed by atoms with E-state index in [9.17, 15) is 9.59 Å². The quantitative estimate of drug-likeness (QED) is 0.919. The lowest BCUT2D eigenvalue weighted by Crippen LogP contribution is -2.29. The predicted octanol–water partition coefficient (Wildman–Crippen LogP) is 1.80. The largest absolute Gasteiger partial charge is 0.328 e. The van der Waals surface area contributed by atoms with Crippen molar-refractivity contribution in [3.8, 4) is 0 Å². The van der Waals surface area contributed by atoms with Crippen molar-refractivity contribution in [3.63, 3.8) is 0 Å². The third-order valence-corrected chi connectivity index (χ3v) is 3.02. The molecule has 0 aliphatic carbocycles. The van der Waals surface area contributed by atoms with Crippen LogP contribution in [0.2, 0.25) is 5.02 Å². The van der Waals surface area contributed by atoms with E-state index in [1.165, 1.54) is 16.3 Å². The summed E-state index contributed by atoms with van der Waals surface area (Å²) in [4.78, 5) is 24.9. The molecule has 2 aromatic rings. The van der Waals surface area contributed by atoms with E-state index < -0.39 is 11.2 Å². The number of aromatic nitrogens is 2. The standard InChI is InChI=1S/C13H13ClN2O2/c1-2-9-3-5-10(6-4-9)7-16-8-11(14)12(17)15-13(16)18/h3-6,8H,2,7H2,1H3,(H,15,17,18). The van der Waals surface area contributed by atoms with E-state index in [4.69, 9.17) is 11.6 Å². The molecule has 0 unspecified atom stereocenters. The zero-order chi connectivity index (χ0) is 13.1. The van der Waals surface area contributed by atoms with Gasteiger partial charge in [0.05, 0.1) is 6.54 Å². The molecule has 0 saturated carbocycles. The molecule has 0 radical (unpaired) electrons. The van der Waals surface area contributed by atoms with Gasteiger partial charge in [-0.1, -0.05) is 42.8 Å². The molecule has 0 amide bonds. The zero-order valence-electron chi connectivity index (χ0n) is 9.94. The average Bonchev–Trinajstić information content (AvgIpc) is 2.37. The van der Waals surface area contributed by atoms with Crippen LogP contribution in [-0.4, -0.2) is 9.55 Å². The summed E-state index contributed by atoms with van der Waals surface area (Å²) in [5.74, 6) is 0.